The molecular weight excluding hydrogens is 156 g/mol. The van der Waals surface area contributed by atoms with Crippen molar-refractivity contribution in [2.24, 2.45) is 0 Å². The van der Waals surface area contributed by atoms with E-state index in [1.165, 1.54) is 6.39 Å². The van der Waals surface area contributed by atoms with Crippen molar-refractivity contribution >= 4 is 0 Å². The second-order valence-electron chi connectivity index (χ2n) is 2.29. The van der Waals surface area contributed by atoms with E-state index in [0.717, 1.165) is 13.0 Å². The van der Waals surface area contributed by atoms with Crippen molar-refractivity contribution in [1.29, 1.82) is 5.26 Å². The Morgan fingerprint density at radius 3 is 3.25 bits per heavy atom. The molecule has 5 heteroatoms. The second kappa shape index (κ2) is 5.27. The molecule has 0 aromatic carbocycles. The Morgan fingerprint density at radius 2 is 2.58 bits per heavy atom. The fourth-order valence-electron chi connectivity index (χ4n) is 0.763. The Balaban J connectivity index is 2.01. The van der Waals surface area contributed by atoms with Crippen molar-refractivity contribution in [2.75, 3.05) is 6.54 Å². The number of nitrogens with zero attached hydrogens (tertiary/aromatic N) is 3. The standard InChI is InChI=1S/C7H10N4O/c8-3-1-2-4-9-5-7-10-6-12-11-7/h6,9H,1-2,4-5H2. The first-order valence-corrected chi connectivity index (χ1v) is 3.76. The molecule has 0 saturated carbocycles. The molecule has 12 heavy (non-hydrogen) atoms. The van der Waals surface area contributed by atoms with Gasteiger partial charge in [0.25, 0.3) is 0 Å². The zero-order valence-corrected chi connectivity index (χ0v) is 6.66. The van der Waals surface area contributed by atoms with Crippen LogP contribution in [0.3, 0.4) is 0 Å². The highest BCUT2D eigenvalue weighted by Crippen LogP contribution is 1.88. The third-order valence-electron chi connectivity index (χ3n) is 1.33. The van der Waals surface area contributed by atoms with E-state index in [-0.39, 0.29) is 0 Å². The van der Waals surface area contributed by atoms with Gasteiger partial charge in [0.2, 0.25) is 6.39 Å². The second-order valence-corrected chi connectivity index (χ2v) is 2.29. The zero-order chi connectivity index (χ0) is 8.65. The number of unbranched alkanes of at least 4 members (excludes halogenated alkanes) is 1. The van der Waals surface area contributed by atoms with Crippen molar-refractivity contribution in [3.8, 4) is 6.07 Å². The molecule has 1 aromatic rings. The van der Waals surface area contributed by atoms with Gasteiger partial charge in [0.15, 0.2) is 5.82 Å². The number of hydrogen-bond donors (Lipinski definition) is 1. The van der Waals surface area contributed by atoms with Gasteiger partial charge in [-0.25, -0.2) is 0 Å². The van der Waals surface area contributed by atoms with Gasteiger partial charge in [-0.05, 0) is 13.0 Å². The van der Waals surface area contributed by atoms with E-state index in [1.807, 2.05) is 0 Å². The van der Waals surface area contributed by atoms with Gasteiger partial charge in [-0.15, -0.1) is 0 Å². The summed E-state index contributed by atoms with van der Waals surface area (Å²) in [7, 11) is 0. The van der Waals surface area contributed by atoms with E-state index in [9.17, 15) is 0 Å². The molecule has 1 rings (SSSR count). The third-order valence-corrected chi connectivity index (χ3v) is 1.33. The summed E-state index contributed by atoms with van der Waals surface area (Å²) >= 11 is 0. The Labute approximate surface area is 70.4 Å². The molecule has 0 aliphatic heterocycles. The van der Waals surface area contributed by atoms with Crippen LogP contribution in [-0.2, 0) is 6.54 Å². The van der Waals surface area contributed by atoms with Crippen molar-refractivity contribution in [3.05, 3.63) is 12.2 Å². The fourth-order valence-corrected chi connectivity index (χ4v) is 0.763. The average Bonchev–Trinajstić information content (AvgIpc) is 2.57. The molecule has 1 N–H and O–H groups in total. The maximum Gasteiger partial charge on any atom is 0.213 e. The Morgan fingerprint density at radius 1 is 1.67 bits per heavy atom. The first-order valence-electron chi connectivity index (χ1n) is 3.76. The SMILES string of the molecule is N#CCCCNCc1ncon1. The summed E-state index contributed by atoms with van der Waals surface area (Å²) in [6.45, 7) is 1.41. The molecule has 0 amide bonds. The summed E-state index contributed by atoms with van der Waals surface area (Å²) in [5.41, 5.74) is 0. The predicted molar refractivity (Wildman–Crippen MR) is 40.9 cm³/mol. The number of nitrogens with one attached hydrogen (secondary N) is 1. The van der Waals surface area contributed by atoms with E-state index < -0.39 is 0 Å². The number of aromatic nitrogens is 2. The van der Waals surface area contributed by atoms with Crippen LogP contribution in [0.1, 0.15) is 18.7 Å². The van der Waals surface area contributed by atoms with Crippen molar-refractivity contribution in [3.63, 3.8) is 0 Å². The highest BCUT2D eigenvalue weighted by atomic mass is 16.5. The highest BCUT2D eigenvalue weighted by Gasteiger charge is 1.95. The molecule has 1 aromatic heterocycles. The van der Waals surface area contributed by atoms with E-state index in [4.69, 9.17) is 5.26 Å². The van der Waals surface area contributed by atoms with E-state index in [1.54, 1.807) is 0 Å². The summed E-state index contributed by atoms with van der Waals surface area (Å²) in [5, 5.41) is 14.9. The van der Waals surface area contributed by atoms with E-state index in [2.05, 4.69) is 26.0 Å². The van der Waals surface area contributed by atoms with E-state index >= 15 is 0 Å². The first kappa shape index (κ1) is 8.68. The molecular formula is C7H10N4O. The van der Waals surface area contributed by atoms with Crippen LogP contribution >= 0.6 is 0 Å². The van der Waals surface area contributed by atoms with Crippen LogP contribution in [0.5, 0.6) is 0 Å². The minimum Gasteiger partial charge on any atom is -0.343 e. The largest absolute Gasteiger partial charge is 0.343 e. The quantitative estimate of drug-likeness (QED) is 0.643. The molecule has 0 bridgehead atoms. The van der Waals surface area contributed by atoms with Crippen molar-refractivity contribution < 1.29 is 4.52 Å². The average molecular weight is 166 g/mol. The van der Waals surface area contributed by atoms with Gasteiger partial charge in [-0.2, -0.15) is 10.2 Å². The molecule has 5 nitrogen and oxygen atoms in total. The third kappa shape index (κ3) is 3.12. The summed E-state index contributed by atoms with van der Waals surface area (Å²) in [5.74, 6) is 0.645. The Bertz CT molecular complexity index is 238. The summed E-state index contributed by atoms with van der Waals surface area (Å²) in [6, 6.07) is 2.07. The van der Waals surface area contributed by atoms with Gasteiger partial charge < -0.3 is 9.84 Å². The lowest BCUT2D eigenvalue weighted by molar-refractivity contribution is 0.407. The Kier molecular flexibility index (Phi) is 3.81. The smallest absolute Gasteiger partial charge is 0.213 e. The minimum absolute atomic E-state index is 0.583. The number of nitriles is 1. The number of hydrogen-bond acceptors (Lipinski definition) is 5. The van der Waals surface area contributed by atoms with Gasteiger partial charge in [0.1, 0.15) is 0 Å². The maximum atomic E-state index is 8.23. The molecule has 0 radical (unpaired) electrons. The molecule has 0 aliphatic rings. The van der Waals surface area contributed by atoms with E-state index in [0.29, 0.717) is 18.8 Å². The monoisotopic (exact) mass is 166 g/mol. The molecule has 0 saturated heterocycles. The molecule has 1 heterocycles. The van der Waals surface area contributed by atoms with Crippen LogP contribution < -0.4 is 5.32 Å². The fraction of sp³-hybridized carbons (Fsp3) is 0.571. The lowest BCUT2D eigenvalue weighted by Gasteiger charge is -1.96. The zero-order valence-electron chi connectivity index (χ0n) is 6.66. The van der Waals surface area contributed by atoms with Crippen molar-refractivity contribution in [2.45, 2.75) is 19.4 Å². The van der Waals surface area contributed by atoms with Crippen LogP contribution in [0.4, 0.5) is 0 Å². The first-order chi connectivity index (χ1) is 5.93. The van der Waals surface area contributed by atoms with Gasteiger partial charge >= 0.3 is 0 Å². The van der Waals surface area contributed by atoms with Crippen LogP contribution in [0, 0.1) is 11.3 Å². The van der Waals surface area contributed by atoms with Crippen LogP contribution in [-0.4, -0.2) is 16.7 Å². The van der Waals surface area contributed by atoms with Crippen LogP contribution in [0.15, 0.2) is 10.9 Å². The van der Waals surface area contributed by atoms with Gasteiger partial charge in [-0.3, -0.25) is 0 Å². The van der Waals surface area contributed by atoms with Gasteiger partial charge in [0.05, 0.1) is 12.6 Å². The Hall–Kier alpha value is -1.41. The van der Waals surface area contributed by atoms with Crippen LogP contribution in [0.25, 0.3) is 0 Å². The topological polar surface area (TPSA) is 74.7 Å². The normalized spacial score (nSPS) is 9.58. The van der Waals surface area contributed by atoms with Gasteiger partial charge in [0, 0.05) is 6.42 Å². The molecule has 0 atom stereocenters. The van der Waals surface area contributed by atoms with Crippen molar-refractivity contribution in [1.82, 2.24) is 15.5 Å². The lowest BCUT2D eigenvalue weighted by Crippen LogP contribution is -2.15. The highest BCUT2D eigenvalue weighted by molar-refractivity contribution is 4.76. The maximum absolute atomic E-state index is 8.23. The molecule has 64 valence electrons. The molecule has 0 unspecified atom stereocenters. The van der Waals surface area contributed by atoms with Crippen LogP contribution in [0.2, 0.25) is 0 Å². The molecule has 0 aliphatic carbocycles. The molecule has 0 fully saturated rings. The predicted octanol–water partition coefficient (Wildman–Crippen LogP) is 0.463. The molecule has 0 spiro atoms. The van der Waals surface area contributed by atoms with Gasteiger partial charge in [-0.1, -0.05) is 5.16 Å². The minimum atomic E-state index is 0.583. The lowest BCUT2D eigenvalue weighted by atomic mass is 10.3. The summed E-state index contributed by atoms with van der Waals surface area (Å²) < 4.78 is 4.54. The number of rotatable bonds is 5. The summed E-state index contributed by atoms with van der Waals surface area (Å²) in [4.78, 5) is 3.83. The summed E-state index contributed by atoms with van der Waals surface area (Å²) in [6.07, 6.45) is 2.74.